The Kier molecular flexibility index (Phi) is 6.52. The van der Waals surface area contributed by atoms with Gasteiger partial charge in [0.15, 0.2) is 15.8 Å². The van der Waals surface area contributed by atoms with Gasteiger partial charge in [0.2, 0.25) is 0 Å². The second-order valence-electron chi connectivity index (χ2n) is 6.76. The Balaban J connectivity index is 0.00000208. The monoisotopic (exact) mass is 463 g/mol. The molecule has 1 aromatic rings. The van der Waals surface area contributed by atoms with Crippen molar-refractivity contribution in [1.29, 1.82) is 0 Å². The summed E-state index contributed by atoms with van der Waals surface area (Å²) in [7, 11) is -2.84. The van der Waals surface area contributed by atoms with Crippen molar-refractivity contribution < 1.29 is 8.42 Å². The molecule has 0 bridgehead atoms. The van der Waals surface area contributed by atoms with Crippen molar-refractivity contribution in [2.75, 3.05) is 29.5 Å². The molecule has 0 aromatic heterocycles. The van der Waals surface area contributed by atoms with E-state index in [-0.39, 0.29) is 41.7 Å². The van der Waals surface area contributed by atoms with E-state index in [0.717, 1.165) is 25.3 Å². The Morgan fingerprint density at radius 3 is 2.79 bits per heavy atom. The number of halogens is 1. The zero-order valence-electron chi connectivity index (χ0n) is 14.2. The summed E-state index contributed by atoms with van der Waals surface area (Å²) >= 11 is 0. The van der Waals surface area contributed by atoms with Crippen LogP contribution in [0.4, 0.5) is 5.69 Å². The van der Waals surface area contributed by atoms with E-state index >= 15 is 0 Å². The molecule has 1 fully saturated rings. The zero-order chi connectivity index (χ0) is 16.4. The number of hydrogen-bond acceptors (Lipinski definition) is 3. The Morgan fingerprint density at radius 1 is 1.38 bits per heavy atom. The molecule has 3 rings (SSSR count). The third-order valence-electron chi connectivity index (χ3n) is 4.39. The number of aliphatic imine (C=N–C) groups is 1. The molecule has 2 aliphatic heterocycles. The summed E-state index contributed by atoms with van der Waals surface area (Å²) < 4.78 is 23.2. The summed E-state index contributed by atoms with van der Waals surface area (Å²) in [5.74, 6) is 1.62. The Labute approximate surface area is 161 Å². The number of sulfone groups is 1. The lowest BCUT2D eigenvalue weighted by molar-refractivity contribution is 0.589. The smallest absolute Gasteiger partial charge is 0.198 e. The van der Waals surface area contributed by atoms with Crippen LogP contribution in [0.15, 0.2) is 29.3 Å². The van der Waals surface area contributed by atoms with Crippen molar-refractivity contribution in [3.05, 3.63) is 29.8 Å². The highest BCUT2D eigenvalue weighted by Crippen LogP contribution is 2.27. The zero-order valence-corrected chi connectivity index (χ0v) is 17.4. The summed E-state index contributed by atoms with van der Waals surface area (Å²) in [6, 6.07) is 8.69. The van der Waals surface area contributed by atoms with Crippen molar-refractivity contribution in [2.24, 2.45) is 10.9 Å². The van der Waals surface area contributed by atoms with Crippen LogP contribution in [0.1, 0.15) is 25.8 Å². The first kappa shape index (κ1) is 19.5. The van der Waals surface area contributed by atoms with Crippen molar-refractivity contribution >= 4 is 45.5 Å². The Morgan fingerprint density at radius 2 is 2.12 bits per heavy atom. The first-order valence-corrected chi connectivity index (χ1v) is 10.1. The third-order valence-corrected chi connectivity index (χ3v) is 6.22. The van der Waals surface area contributed by atoms with Gasteiger partial charge in [-0.3, -0.25) is 4.99 Å². The molecular weight excluding hydrogens is 437 g/mol. The van der Waals surface area contributed by atoms with Crippen LogP contribution in [0, 0.1) is 5.92 Å². The molecule has 0 amide bonds. The lowest BCUT2D eigenvalue weighted by Gasteiger charge is -2.25. The molecule has 1 saturated heterocycles. The summed E-state index contributed by atoms with van der Waals surface area (Å²) in [4.78, 5) is 6.98. The minimum atomic E-state index is -2.84. The standard InChI is InChI=1S/C17H25N3O2S.HI/c1-13(2)19-17(18-11-14-8-10-23(21,22)12-14)20-9-7-15-5-3-4-6-16(15)20;/h3-6,13-14H,7-12H2,1-2H3,(H,18,19);1H. The molecule has 0 aliphatic carbocycles. The van der Waals surface area contributed by atoms with Gasteiger partial charge in [-0.25, -0.2) is 8.42 Å². The first-order chi connectivity index (χ1) is 10.9. The molecule has 0 radical (unpaired) electrons. The molecule has 134 valence electrons. The molecule has 2 heterocycles. The lowest BCUT2D eigenvalue weighted by atomic mass is 10.1. The van der Waals surface area contributed by atoms with Crippen LogP contribution < -0.4 is 10.2 Å². The van der Waals surface area contributed by atoms with Crippen molar-refractivity contribution in [3.8, 4) is 0 Å². The Hall–Kier alpha value is -0.830. The fourth-order valence-electron chi connectivity index (χ4n) is 3.26. The number of rotatable bonds is 3. The predicted octanol–water partition coefficient (Wildman–Crippen LogP) is 2.46. The van der Waals surface area contributed by atoms with E-state index in [0.29, 0.717) is 12.3 Å². The molecule has 0 spiro atoms. The van der Waals surface area contributed by atoms with E-state index in [2.05, 4.69) is 42.3 Å². The van der Waals surface area contributed by atoms with Crippen molar-refractivity contribution in [1.82, 2.24) is 5.32 Å². The maximum atomic E-state index is 11.6. The molecule has 0 saturated carbocycles. The van der Waals surface area contributed by atoms with Crippen LogP contribution in [0.3, 0.4) is 0 Å². The average molecular weight is 463 g/mol. The number of para-hydroxylation sites is 1. The van der Waals surface area contributed by atoms with Crippen LogP contribution in [0.25, 0.3) is 0 Å². The topological polar surface area (TPSA) is 61.8 Å². The highest BCUT2D eigenvalue weighted by Gasteiger charge is 2.28. The van der Waals surface area contributed by atoms with Gasteiger partial charge in [0.25, 0.3) is 0 Å². The van der Waals surface area contributed by atoms with Crippen LogP contribution in [-0.2, 0) is 16.3 Å². The fourth-order valence-corrected chi connectivity index (χ4v) is 5.11. The third kappa shape index (κ3) is 4.62. The summed E-state index contributed by atoms with van der Waals surface area (Å²) in [6.07, 6.45) is 1.75. The van der Waals surface area contributed by atoms with Gasteiger partial charge in [-0.2, -0.15) is 0 Å². The largest absolute Gasteiger partial charge is 0.354 e. The minimum absolute atomic E-state index is 0. The van der Waals surface area contributed by atoms with Crippen LogP contribution >= 0.6 is 24.0 Å². The number of anilines is 1. The first-order valence-electron chi connectivity index (χ1n) is 8.31. The van der Waals surface area contributed by atoms with E-state index in [1.807, 2.05) is 6.07 Å². The normalized spacial score (nSPS) is 22.4. The van der Waals surface area contributed by atoms with Crippen molar-refractivity contribution in [2.45, 2.75) is 32.7 Å². The molecular formula is C17H26IN3O2S. The van der Waals surface area contributed by atoms with Gasteiger partial charge >= 0.3 is 0 Å². The molecule has 1 unspecified atom stereocenters. The molecule has 1 aromatic carbocycles. The highest BCUT2D eigenvalue weighted by atomic mass is 127. The summed E-state index contributed by atoms with van der Waals surface area (Å²) in [5, 5.41) is 3.43. The maximum absolute atomic E-state index is 11.6. The molecule has 2 aliphatic rings. The number of fused-ring (bicyclic) bond motifs is 1. The molecule has 7 heteroatoms. The van der Waals surface area contributed by atoms with Gasteiger partial charge in [0.05, 0.1) is 11.5 Å². The van der Waals surface area contributed by atoms with Crippen LogP contribution in [0.5, 0.6) is 0 Å². The van der Waals surface area contributed by atoms with Gasteiger partial charge < -0.3 is 10.2 Å². The van der Waals surface area contributed by atoms with Gasteiger partial charge in [0.1, 0.15) is 0 Å². The van der Waals surface area contributed by atoms with E-state index in [4.69, 9.17) is 4.99 Å². The second-order valence-corrected chi connectivity index (χ2v) is 8.99. The lowest BCUT2D eigenvalue weighted by Crippen LogP contribution is -2.44. The second kappa shape index (κ2) is 8.03. The molecule has 1 N–H and O–H groups in total. The summed E-state index contributed by atoms with van der Waals surface area (Å²) in [5.41, 5.74) is 2.55. The fraction of sp³-hybridized carbons (Fsp3) is 0.588. The SMILES string of the molecule is CC(C)NC(=NCC1CCS(=O)(=O)C1)N1CCc2ccccc21.I. The maximum Gasteiger partial charge on any atom is 0.198 e. The van der Waals surface area contributed by atoms with Gasteiger partial charge in [-0.1, -0.05) is 18.2 Å². The number of nitrogens with zero attached hydrogens (tertiary/aromatic N) is 2. The molecule has 24 heavy (non-hydrogen) atoms. The van der Waals surface area contributed by atoms with Crippen LogP contribution in [-0.4, -0.2) is 45.0 Å². The number of benzene rings is 1. The highest BCUT2D eigenvalue weighted by molar-refractivity contribution is 14.0. The molecule has 5 nitrogen and oxygen atoms in total. The number of hydrogen-bond donors (Lipinski definition) is 1. The number of guanidine groups is 1. The van der Waals surface area contributed by atoms with Crippen LogP contribution in [0.2, 0.25) is 0 Å². The molecule has 1 atom stereocenters. The predicted molar refractivity (Wildman–Crippen MR) is 110 cm³/mol. The van der Waals surface area contributed by atoms with E-state index < -0.39 is 9.84 Å². The number of nitrogens with one attached hydrogen (secondary N) is 1. The average Bonchev–Trinajstić information content (AvgIpc) is 3.06. The van der Waals surface area contributed by atoms with Gasteiger partial charge in [-0.05, 0) is 44.2 Å². The van der Waals surface area contributed by atoms with Gasteiger partial charge in [0, 0.05) is 24.8 Å². The minimum Gasteiger partial charge on any atom is -0.354 e. The van der Waals surface area contributed by atoms with E-state index in [1.54, 1.807) is 0 Å². The van der Waals surface area contributed by atoms with Crippen molar-refractivity contribution in [3.63, 3.8) is 0 Å². The van der Waals surface area contributed by atoms with Gasteiger partial charge in [-0.15, -0.1) is 24.0 Å². The summed E-state index contributed by atoms with van der Waals surface area (Å²) in [6.45, 7) is 5.68. The Bertz CT molecular complexity index is 704. The quantitative estimate of drug-likeness (QED) is 0.425. The van der Waals surface area contributed by atoms with E-state index in [1.165, 1.54) is 11.3 Å². The van der Waals surface area contributed by atoms with E-state index in [9.17, 15) is 8.42 Å².